The van der Waals surface area contributed by atoms with Gasteiger partial charge >= 0.3 is 5.97 Å². The Balaban J connectivity index is 2.93. The minimum absolute atomic E-state index is 0.131. The maximum Gasteiger partial charge on any atom is 0.360 e. The van der Waals surface area contributed by atoms with Crippen LogP contribution in [0.3, 0.4) is 0 Å². The first-order chi connectivity index (χ1) is 7.97. The van der Waals surface area contributed by atoms with Crippen molar-refractivity contribution in [2.45, 2.75) is 20.4 Å². The molecule has 1 rings (SSSR count). The lowest BCUT2D eigenvalue weighted by molar-refractivity contribution is 0.0521. The van der Waals surface area contributed by atoms with Gasteiger partial charge < -0.3 is 15.0 Å². The van der Waals surface area contributed by atoms with Gasteiger partial charge in [0.1, 0.15) is 11.6 Å². The minimum atomic E-state index is -0.908. The molecule has 17 heavy (non-hydrogen) atoms. The number of hydrogen-bond acceptors (Lipinski definition) is 5. The lowest BCUT2D eigenvalue weighted by Crippen LogP contribution is -2.12. The fraction of sp³-hybridized carbons (Fsp3) is 0.600. The van der Waals surface area contributed by atoms with Crippen LogP contribution >= 0.6 is 0 Å². The molecule has 6 nitrogen and oxygen atoms in total. The number of hydrogen-bond donors (Lipinski definition) is 1. The van der Waals surface area contributed by atoms with Crippen molar-refractivity contribution >= 4 is 22.6 Å². The van der Waals surface area contributed by atoms with Crippen LogP contribution in [0.5, 0.6) is 0 Å². The van der Waals surface area contributed by atoms with E-state index in [0.717, 1.165) is 0 Å². The largest absolute Gasteiger partial charge is 0.461 e. The molecule has 7 heteroatoms. The Morgan fingerprint density at radius 3 is 2.76 bits per heavy atom. The van der Waals surface area contributed by atoms with Crippen LogP contribution in [0, 0.1) is 6.92 Å². The smallest absolute Gasteiger partial charge is 0.360 e. The maximum atomic E-state index is 11.5. The molecule has 1 atom stereocenters. The van der Waals surface area contributed by atoms with Crippen molar-refractivity contribution in [1.82, 2.24) is 9.55 Å². The molecule has 0 spiro atoms. The van der Waals surface area contributed by atoms with E-state index in [4.69, 9.17) is 10.5 Å². The number of imidazole rings is 1. The van der Waals surface area contributed by atoms with Crippen LogP contribution < -0.4 is 5.73 Å². The quantitative estimate of drug-likeness (QED) is 0.770. The fourth-order valence-corrected chi connectivity index (χ4v) is 1.87. The number of aromatic nitrogens is 2. The van der Waals surface area contributed by atoms with E-state index in [2.05, 4.69) is 4.98 Å². The Hall–Kier alpha value is -1.37. The molecule has 0 aliphatic rings. The van der Waals surface area contributed by atoms with E-state index in [1.807, 2.05) is 0 Å². The first kappa shape index (κ1) is 13.7. The highest BCUT2D eigenvalue weighted by Crippen LogP contribution is 2.15. The van der Waals surface area contributed by atoms with Crippen molar-refractivity contribution in [3.05, 3.63) is 11.5 Å². The van der Waals surface area contributed by atoms with E-state index in [0.29, 0.717) is 18.1 Å². The zero-order valence-electron chi connectivity index (χ0n) is 10.2. The van der Waals surface area contributed by atoms with Crippen LogP contribution in [0.4, 0.5) is 5.82 Å². The number of ether oxygens (including phenoxy) is 1. The van der Waals surface area contributed by atoms with Crippen molar-refractivity contribution in [2.24, 2.45) is 0 Å². The van der Waals surface area contributed by atoms with E-state index >= 15 is 0 Å². The molecule has 1 aromatic rings. The van der Waals surface area contributed by atoms with Crippen molar-refractivity contribution in [1.29, 1.82) is 0 Å². The van der Waals surface area contributed by atoms with Gasteiger partial charge in [0, 0.05) is 29.4 Å². The second kappa shape index (κ2) is 5.81. The van der Waals surface area contributed by atoms with Gasteiger partial charge in [-0.3, -0.25) is 4.21 Å². The van der Waals surface area contributed by atoms with Crippen molar-refractivity contribution < 1.29 is 13.7 Å². The zero-order chi connectivity index (χ0) is 13.0. The summed E-state index contributed by atoms with van der Waals surface area (Å²) in [4.78, 5) is 15.6. The van der Waals surface area contributed by atoms with Crippen LogP contribution in [0.1, 0.15) is 23.2 Å². The number of esters is 1. The number of nitrogen functional groups attached to an aromatic ring is 1. The molecule has 0 aromatic carbocycles. The van der Waals surface area contributed by atoms with Crippen LogP contribution in [-0.2, 0) is 22.1 Å². The van der Waals surface area contributed by atoms with Gasteiger partial charge in [-0.2, -0.15) is 0 Å². The van der Waals surface area contributed by atoms with E-state index in [1.54, 1.807) is 24.7 Å². The van der Waals surface area contributed by atoms with Crippen molar-refractivity contribution in [2.75, 3.05) is 24.3 Å². The summed E-state index contributed by atoms with van der Waals surface area (Å²) in [5.41, 5.74) is 5.95. The number of carbonyl (C=O) groups is 1. The number of rotatable bonds is 5. The Labute approximate surface area is 103 Å². The highest BCUT2D eigenvalue weighted by molar-refractivity contribution is 7.84. The number of carbonyl (C=O) groups excluding carboxylic acids is 1. The first-order valence-corrected chi connectivity index (χ1v) is 6.99. The molecule has 0 fully saturated rings. The van der Waals surface area contributed by atoms with Crippen molar-refractivity contribution in [3.63, 3.8) is 0 Å². The predicted octanol–water partition coefficient (Wildman–Crippen LogP) is 0.329. The second-order valence-electron chi connectivity index (χ2n) is 3.54. The average Bonchev–Trinajstić information content (AvgIpc) is 2.52. The van der Waals surface area contributed by atoms with Gasteiger partial charge in [-0.05, 0) is 13.8 Å². The standard InChI is InChI=1S/C10H17N3O3S/c1-4-16-10(14)8-9(11)13(7(2)12-8)5-6-17(3)15/h4-6,11H2,1-3H3. The summed E-state index contributed by atoms with van der Waals surface area (Å²) in [7, 11) is -0.908. The second-order valence-corrected chi connectivity index (χ2v) is 5.10. The van der Waals surface area contributed by atoms with Gasteiger partial charge in [0.15, 0.2) is 5.69 Å². The number of anilines is 1. The fourth-order valence-electron chi connectivity index (χ4n) is 1.43. The summed E-state index contributed by atoms with van der Waals surface area (Å²) in [5.74, 6) is 0.843. The minimum Gasteiger partial charge on any atom is -0.461 e. The number of nitrogens with two attached hydrogens (primary N) is 1. The number of aryl methyl sites for hydroxylation is 1. The molecular formula is C10H17N3O3S. The molecule has 0 amide bonds. The third-order valence-electron chi connectivity index (χ3n) is 2.27. The predicted molar refractivity (Wildman–Crippen MR) is 66.3 cm³/mol. The van der Waals surface area contributed by atoms with Gasteiger partial charge in [-0.1, -0.05) is 0 Å². The lowest BCUT2D eigenvalue weighted by atomic mass is 10.4. The summed E-state index contributed by atoms with van der Waals surface area (Å²) in [6.45, 7) is 4.23. The van der Waals surface area contributed by atoms with Gasteiger partial charge in [0.2, 0.25) is 0 Å². The summed E-state index contributed by atoms with van der Waals surface area (Å²) in [6, 6.07) is 0. The Bertz CT molecular complexity index is 442. The summed E-state index contributed by atoms with van der Waals surface area (Å²) in [6.07, 6.45) is 1.62. The highest BCUT2D eigenvalue weighted by atomic mass is 32.2. The van der Waals surface area contributed by atoms with E-state index in [9.17, 15) is 9.00 Å². The molecule has 1 heterocycles. The van der Waals surface area contributed by atoms with E-state index in [-0.39, 0.29) is 18.1 Å². The van der Waals surface area contributed by atoms with Crippen LogP contribution in [-0.4, -0.2) is 38.3 Å². The molecule has 1 aromatic heterocycles. The normalized spacial score (nSPS) is 12.4. The summed E-state index contributed by atoms with van der Waals surface area (Å²) < 4.78 is 17.5. The molecule has 0 bridgehead atoms. The highest BCUT2D eigenvalue weighted by Gasteiger charge is 2.19. The Kier molecular flexibility index (Phi) is 4.68. The molecule has 0 aliphatic carbocycles. The third kappa shape index (κ3) is 3.29. The van der Waals surface area contributed by atoms with E-state index < -0.39 is 16.8 Å². The van der Waals surface area contributed by atoms with E-state index in [1.165, 1.54) is 0 Å². The monoisotopic (exact) mass is 259 g/mol. The van der Waals surface area contributed by atoms with Gasteiger partial charge in [0.05, 0.1) is 6.61 Å². The topological polar surface area (TPSA) is 87.2 Å². The SMILES string of the molecule is CCOC(=O)c1nc(C)n(CCS(C)=O)c1N. The Morgan fingerprint density at radius 1 is 1.59 bits per heavy atom. The summed E-state index contributed by atoms with van der Waals surface area (Å²) in [5, 5.41) is 0. The summed E-state index contributed by atoms with van der Waals surface area (Å²) >= 11 is 0. The van der Waals surface area contributed by atoms with Crippen molar-refractivity contribution in [3.8, 4) is 0 Å². The Morgan fingerprint density at radius 2 is 2.24 bits per heavy atom. The molecule has 1 unspecified atom stereocenters. The molecule has 0 saturated carbocycles. The van der Waals surface area contributed by atoms with Crippen LogP contribution in [0.15, 0.2) is 0 Å². The molecule has 2 N–H and O–H groups in total. The molecule has 0 aliphatic heterocycles. The van der Waals surface area contributed by atoms with Gasteiger partial charge in [-0.25, -0.2) is 9.78 Å². The molecule has 0 radical (unpaired) electrons. The average molecular weight is 259 g/mol. The maximum absolute atomic E-state index is 11.5. The van der Waals surface area contributed by atoms with Gasteiger partial charge in [-0.15, -0.1) is 0 Å². The lowest BCUT2D eigenvalue weighted by Gasteiger charge is -2.06. The number of nitrogens with zero attached hydrogens (tertiary/aromatic N) is 2. The van der Waals surface area contributed by atoms with Crippen LogP contribution in [0.25, 0.3) is 0 Å². The molecule has 96 valence electrons. The molecule has 0 saturated heterocycles. The third-order valence-corrected chi connectivity index (χ3v) is 3.03. The first-order valence-electron chi connectivity index (χ1n) is 5.27. The van der Waals surface area contributed by atoms with Gasteiger partial charge in [0.25, 0.3) is 0 Å². The zero-order valence-corrected chi connectivity index (χ0v) is 11.0. The van der Waals surface area contributed by atoms with Crippen LogP contribution in [0.2, 0.25) is 0 Å². The molecular weight excluding hydrogens is 242 g/mol.